The van der Waals surface area contributed by atoms with Crippen molar-refractivity contribution in [3.8, 4) is 0 Å². The Labute approximate surface area is 227 Å². The molecule has 0 spiro atoms. The summed E-state index contributed by atoms with van der Waals surface area (Å²) in [5.41, 5.74) is 3.28. The number of aliphatic hydroxyl groups is 1. The van der Waals surface area contributed by atoms with Crippen LogP contribution in [0, 0.1) is 0 Å². The summed E-state index contributed by atoms with van der Waals surface area (Å²) >= 11 is 0. The number of hydrogen-bond acceptors (Lipinski definition) is 4. The van der Waals surface area contributed by atoms with Gasteiger partial charge in [0.1, 0.15) is 5.76 Å². The van der Waals surface area contributed by atoms with Crippen LogP contribution in [0.2, 0.25) is 0 Å². The number of ketones is 1. The average molecular weight is 519 g/mol. The molecule has 1 saturated heterocycles. The van der Waals surface area contributed by atoms with Crippen molar-refractivity contribution < 1.29 is 19.5 Å². The Balaban J connectivity index is 1.67. The second kappa shape index (κ2) is 9.87. The molecule has 2 amide bonds. The molecule has 0 bridgehead atoms. The molecular formula is C33H30N2O4. The van der Waals surface area contributed by atoms with Crippen molar-refractivity contribution in [2.45, 2.75) is 39.2 Å². The lowest BCUT2D eigenvalue weighted by Gasteiger charge is -2.27. The number of nitrogens with one attached hydrogen (secondary N) is 1. The zero-order valence-electron chi connectivity index (χ0n) is 22.4. The van der Waals surface area contributed by atoms with Gasteiger partial charge in [-0.15, -0.1) is 0 Å². The van der Waals surface area contributed by atoms with Gasteiger partial charge in [0.15, 0.2) is 0 Å². The Bertz CT molecular complexity index is 1630. The topological polar surface area (TPSA) is 86.7 Å². The monoisotopic (exact) mass is 518 g/mol. The van der Waals surface area contributed by atoms with Gasteiger partial charge in [0.25, 0.3) is 11.7 Å². The van der Waals surface area contributed by atoms with E-state index in [2.05, 4.69) is 26.1 Å². The van der Waals surface area contributed by atoms with E-state index >= 15 is 0 Å². The van der Waals surface area contributed by atoms with Crippen molar-refractivity contribution in [3.05, 3.63) is 113 Å². The van der Waals surface area contributed by atoms with Gasteiger partial charge in [0, 0.05) is 23.9 Å². The largest absolute Gasteiger partial charge is 0.507 e. The van der Waals surface area contributed by atoms with Crippen LogP contribution in [0.25, 0.3) is 16.5 Å². The maximum atomic E-state index is 13.5. The molecule has 4 aromatic carbocycles. The van der Waals surface area contributed by atoms with E-state index < -0.39 is 17.7 Å². The number of fused-ring (bicyclic) bond motifs is 1. The first-order chi connectivity index (χ1) is 18.5. The van der Waals surface area contributed by atoms with Crippen LogP contribution in [0.5, 0.6) is 0 Å². The lowest BCUT2D eigenvalue weighted by atomic mass is 9.85. The zero-order valence-corrected chi connectivity index (χ0v) is 22.4. The average Bonchev–Trinajstić information content (AvgIpc) is 3.18. The Morgan fingerprint density at radius 2 is 1.49 bits per heavy atom. The Kier molecular flexibility index (Phi) is 6.56. The number of aliphatic hydroxyl groups excluding tert-OH is 1. The van der Waals surface area contributed by atoms with Crippen LogP contribution in [0.15, 0.2) is 96.6 Å². The van der Waals surface area contributed by atoms with Crippen LogP contribution >= 0.6 is 0 Å². The van der Waals surface area contributed by atoms with Crippen LogP contribution < -0.4 is 10.2 Å². The van der Waals surface area contributed by atoms with Gasteiger partial charge in [-0.05, 0) is 57.6 Å². The summed E-state index contributed by atoms with van der Waals surface area (Å²) in [5, 5.41) is 16.1. The van der Waals surface area contributed by atoms with Crippen molar-refractivity contribution in [2.75, 3.05) is 10.2 Å². The zero-order chi connectivity index (χ0) is 27.9. The van der Waals surface area contributed by atoms with Crippen LogP contribution in [-0.4, -0.2) is 22.7 Å². The number of carbonyl (C=O) groups excluding carboxylic acids is 3. The first-order valence-corrected chi connectivity index (χ1v) is 12.8. The first kappa shape index (κ1) is 25.9. The predicted molar refractivity (Wildman–Crippen MR) is 155 cm³/mol. The molecule has 1 heterocycles. The molecule has 0 saturated carbocycles. The van der Waals surface area contributed by atoms with E-state index in [0.29, 0.717) is 22.5 Å². The summed E-state index contributed by atoms with van der Waals surface area (Å²) in [6, 6.07) is 26.9. The van der Waals surface area contributed by atoms with Gasteiger partial charge >= 0.3 is 0 Å². The van der Waals surface area contributed by atoms with Gasteiger partial charge in [0.2, 0.25) is 5.91 Å². The highest BCUT2D eigenvalue weighted by molar-refractivity contribution is 6.51. The molecule has 1 fully saturated rings. The van der Waals surface area contributed by atoms with E-state index in [1.165, 1.54) is 11.8 Å². The number of nitrogens with zero attached hydrogens (tertiary/aromatic N) is 1. The lowest BCUT2D eigenvalue weighted by molar-refractivity contribution is -0.132. The fourth-order valence-electron chi connectivity index (χ4n) is 4.98. The van der Waals surface area contributed by atoms with Gasteiger partial charge in [-0.3, -0.25) is 19.3 Å². The van der Waals surface area contributed by atoms with Crippen LogP contribution in [0.3, 0.4) is 0 Å². The number of Topliss-reactive ketones (excluding diaryl/α,β-unsaturated/α-hetero) is 1. The van der Waals surface area contributed by atoms with Gasteiger partial charge in [-0.25, -0.2) is 0 Å². The van der Waals surface area contributed by atoms with Gasteiger partial charge in [-0.1, -0.05) is 81.4 Å². The Morgan fingerprint density at radius 3 is 2.10 bits per heavy atom. The van der Waals surface area contributed by atoms with Crippen molar-refractivity contribution in [1.82, 2.24) is 0 Å². The van der Waals surface area contributed by atoms with Crippen LogP contribution in [-0.2, 0) is 19.8 Å². The third-order valence-electron chi connectivity index (χ3n) is 7.03. The van der Waals surface area contributed by atoms with E-state index in [1.54, 1.807) is 30.3 Å². The summed E-state index contributed by atoms with van der Waals surface area (Å²) in [5.74, 6) is -1.91. The standard InChI is InChI=1S/C33H30N2O4/c1-20(36)34-26-15-17-27(18-16-26)35-29(22-11-13-25(14-12-22)33(2,3)4)28(31(38)32(35)39)30(37)24-10-9-21-7-5-6-8-23(21)19-24/h5-19,29,37H,1-4H3,(H,34,36)/b30-28-. The highest BCUT2D eigenvalue weighted by Gasteiger charge is 2.47. The molecule has 1 atom stereocenters. The van der Waals surface area contributed by atoms with Gasteiger partial charge in [-0.2, -0.15) is 0 Å². The number of rotatable bonds is 4. The number of amides is 2. The van der Waals surface area contributed by atoms with Gasteiger partial charge < -0.3 is 10.4 Å². The van der Waals surface area contributed by atoms with E-state index in [4.69, 9.17) is 0 Å². The molecule has 0 aromatic heterocycles. The number of benzene rings is 4. The second-order valence-electron chi connectivity index (χ2n) is 10.8. The summed E-state index contributed by atoms with van der Waals surface area (Å²) < 4.78 is 0. The molecular weight excluding hydrogens is 488 g/mol. The molecule has 5 rings (SSSR count). The third kappa shape index (κ3) is 4.93. The summed E-state index contributed by atoms with van der Waals surface area (Å²) in [6.07, 6.45) is 0. The van der Waals surface area contributed by atoms with Gasteiger partial charge in [0.05, 0.1) is 11.6 Å². The summed E-state index contributed by atoms with van der Waals surface area (Å²) in [6.45, 7) is 7.76. The maximum Gasteiger partial charge on any atom is 0.300 e. The molecule has 6 nitrogen and oxygen atoms in total. The first-order valence-electron chi connectivity index (χ1n) is 12.8. The second-order valence-corrected chi connectivity index (χ2v) is 10.8. The van der Waals surface area contributed by atoms with E-state index in [1.807, 2.05) is 60.7 Å². The molecule has 1 unspecified atom stereocenters. The summed E-state index contributed by atoms with van der Waals surface area (Å²) in [7, 11) is 0. The molecule has 1 aliphatic heterocycles. The molecule has 0 aliphatic carbocycles. The smallest absolute Gasteiger partial charge is 0.300 e. The molecule has 196 valence electrons. The normalized spacial score (nSPS) is 17.0. The molecule has 6 heteroatoms. The highest BCUT2D eigenvalue weighted by atomic mass is 16.3. The minimum atomic E-state index is -0.836. The minimum absolute atomic E-state index is 0.0322. The van der Waals surface area contributed by atoms with Crippen molar-refractivity contribution in [1.29, 1.82) is 0 Å². The number of hydrogen-bond donors (Lipinski definition) is 2. The van der Waals surface area contributed by atoms with E-state index in [0.717, 1.165) is 16.3 Å². The Morgan fingerprint density at radius 1 is 0.846 bits per heavy atom. The lowest BCUT2D eigenvalue weighted by Crippen LogP contribution is -2.29. The molecule has 4 aromatic rings. The molecule has 39 heavy (non-hydrogen) atoms. The van der Waals surface area contributed by atoms with E-state index in [9.17, 15) is 19.5 Å². The Hall–Kier alpha value is -4.71. The summed E-state index contributed by atoms with van der Waals surface area (Å²) in [4.78, 5) is 39.9. The minimum Gasteiger partial charge on any atom is -0.507 e. The third-order valence-corrected chi connectivity index (χ3v) is 7.03. The van der Waals surface area contributed by atoms with Crippen molar-refractivity contribution >= 4 is 45.5 Å². The fraction of sp³-hybridized carbons (Fsp3) is 0.182. The number of anilines is 2. The highest BCUT2D eigenvalue weighted by Crippen LogP contribution is 2.43. The molecule has 0 radical (unpaired) electrons. The number of carbonyl (C=O) groups is 3. The SMILES string of the molecule is CC(=O)Nc1ccc(N2C(=O)C(=O)/C(=C(\O)c3ccc4ccccc4c3)C2c2ccc(C(C)(C)C)cc2)cc1. The molecule has 1 aliphatic rings. The fourth-order valence-corrected chi connectivity index (χ4v) is 4.98. The maximum absolute atomic E-state index is 13.5. The van der Waals surface area contributed by atoms with Crippen molar-refractivity contribution in [2.24, 2.45) is 0 Å². The van der Waals surface area contributed by atoms with Crippen LogP contribution in [0.4, 0.5) is 11.4 Å². The predicted octanol–water partition coefficient (Wildman–Crippen LogP) is 6.72. The van der Waals surface area contributed by atoms with Crippen LogP contribution in [0.1, 0.15) is 50.4 Å². The van der Waals surface area contributed by atoms with E-state index in [-0.39, 0.29) is 22.7 Å². The van der Waals surface area contributed by atoms with Crippen molar-refractivity contribution in [3.63, 3.8) is 0 Å². The molecule has 2 N–H and O–H groups in total. The quantitative estimate of drug-likeness (QED) is 0.178.